The van der Waals surface area contributed by atoms with E-state index in [1.54, 1.807) is 0 Å². The van der Waals surface area contributed by atoms with Gasteiger partial charge in [-0.1, -0.05) is 48.9 Å². The first-order valence-corrected chi connectivity index (χ1v) is 9.48. The molecule has 0 rings (SSSR count). The molecule has 0 spiro atoms. The minimum atomic E-state index is -1.07. The third-order valence-corrected chi connectivity index (χ3v) is 4.83. The molecule has 0 aliphatic carbocycles. The fourth-order valence-corrected chi connectivity index (χ4v) is 4.32. The molecule has 126 valence electrons. The lowest BCUT2D eigenvalue weighted by Crippen LogP contribution is -2.63. The number of hydrogen-bond acceptors (Lipinski definition) is 7. The monoisotopic (exact) mass is 450 g/mol. The lowest BCUT2D eigenvalue weighted by Gasteiger charge is -2.42. The lowest BCUT2D eigenvalue weighted by atomic mass is 10.0. The molecule has 0 fully saturated rings. The van der Waals surface area contributed by atoms with Crippen LogP contribution in [0.1, 0.15) is 0 Å². The highest BCUT2D eigenvalue weighted by molar-refractivity contribution is 8.16. The molecular formula is C10H18N4S8. The van der Waals surface area contributed by atoms with Crippen LogP contribution >= 0.6 is 99.4 Å². The molecule has 0 aromatic rings. The Kier molecular flexibility index (Phi) is 12.7. The number of thiocarbonyl (C=S) groups is 4. The van der Waals surface area contributed by atoms with Gasteiger partial charge in [0.1, 0.15) is 14.2 Å². The Morgan fingerprint density at radius 2 is 1.32 bits per heavy atom. The van der Waals surface area contributed by atoms with Crippen molar-refractivity contribution in [3.63, 3.8) is 0 Å². The predicted octanol–water partition coefficient (Wildman–Crippen LogP) is 1.11. The molecule has 12 heteroatoms. The first-order valence-electron chi connectivity index (χ1n) is 6.06. The molecular weight excluding hydrogens is 433 g/mol. The minimum Gasteiger partial charge on any atom is -0.329 e. The Morgan fingerprint density at radius 3 is 1.68 bits per heavy atom. The zero-order valence-electron chi connectivity index (χ0n) is 11.5. The standard InChI is InChI=1S/C10H18N4S8/c11-1-2-12-3-4-13-5-10(6(15)16,7(17)18)14(8(19)20)9(21)22/h12-13H,1-5,11H2,(H,15,16)(H,17,18)(H,19,20)(H,21,22). The number of thiol groups is 4. The second kappa shape index (κ2) is 11.9. The molecule has 0 atom stereocenters. The zero-order chi connectivity index (χ0) is 17.3. The summed E-state index contributed by atoms with van der Waals surface area (Å²) >= 11 is 37.8. The number of hydrogen-bond donors (Lipinski definition) is 7. The van der Waals surface area contributed by atoms with E-state index < -0.39 is 5.54 Å². The van der Waals surface area contributed by atoms with Crippen LogP contribution in [0.15, 0.2) is 0 Å². The average molecular weight is 451 g/mol. The van der Waals surface area contributed by atoms with Crippen molar-refractivity contribution in [3.8, 4) is 0 Å². The summed E-state index contributed by atoms with van der Waals surface area (Å²) in [7, 11) is 0. The van der Waals surface area contributed by atoms with Gasteiger partial charge in [0.05, 0.1) is 8.39 Å². The van der Waals surface area contributed by atoms with E-state index in [0.29, 0.717) is 19.6 Å². The van der Waals surface area contributed by atoms with Crippen molar-refractivity contribution in [1.82, 2.24) is 15.5 Å². The molecule has 0 radical (unpaired) electrons. The second-order valence-corrected chi connectivity index (χ2v) is 8.63. The molecule has 0 aliphatic heterocycles. The Labute approximate surface area is 174 Å². The number of nitrogens with two attached hydrogens (primary N) is 1. The van der Waals surface area contributed by atoms with E-state index >= 15 is 0 Å². The van der Waals surface area contributed by atoms with E-state index in [4.69, 9.17) is 54.6 Å². The lowest BCUT2D eigenvalue weighted by molar-refractivity contribution is 0.458. The Morgan fingerprint density at radius 1 is 0.864 bits per heavy atom. The van der Waals surface area contributed by atoms with E-state index in [2.05, 4.69) is 61.1 Å². The fourth-order valence-electron chi connectivity index (χ4n) is 1.59. The van der Waals surface area contributed by atoms with Gasteiger partial charge in [-0.25, -0.2) is 0 Å². The van der Waals surface area contributed by atoms with Crippen molar-refractivity contribution < 1.29 is 0 Å². The van der Waals surface area contributed by atoms with Gasteiger partial charge < -0.3 is 16.4 Å². The smallest absolute Gasteiger partial charge is 0.142 e. The van der Waals surface area contributed by atoms with Gasteiger partial charge in [0.25, 0.3) is 0 Å². The highest BCUT2D eigenvalue weighted by Gasteiger charge is 2.44. The molecule has 0 aromatic heterocycles. The Hall–Kier alpha value is 1.44. The largest absolute Gasteiger partial charge is 0.329 e. The average Bonchev–Trinajstić information content (AvgIpc) is 2.39. The van der Waals surface area contributed by atoms with Gasteiger partial charge in [-0.2, -0.15) is 0 Å². The van der Waals surface area contributed by atoms with Crippen LogP contribution in [-0.2, 0) is 0 Å². The minimum absolute atomic E-state index is 0.191. The summed E-state index contributed by atoms with van der Waals surface area (Å²) in [6.45, 7) is 3.06. The van der Waals surface area contributed by atoms with Crippen LogP contribution in [0.3, 0.4) is 0 Å². The summed E-state index contributed by atoms with van der Waals surface area (Å²) < 4.78 is 0.942. The van der Waals surface area contributed by atoms with Gasteiger partial charge in [-0.05, 0) is 0 Å². The third kappa shape index (κ3) is 6.75. The van der Waals surface area contributed by atoms with Gasteiger partial charge >= 0.3 is 0 Å². The van der Waals surface area contributed by atoms with E-state index in [9.17, 15) is 0 Å². The van der Waals surface area contributed by atoms with Crippen molar-refractivity contribution in [1.29, 1.82) is 0 Å². The van der Waals surface area contributed by atoms with Crippen molar-refractivity contribution >= 4 is 116 Å². The topological polar surface area (TPSA) is 53.3 Å². The summed E-state index contributed by atoms with van der Waals surface area (Å²) in [6.07, 6.45) is 0. The summed E-state index contributed by atoms with van der Waals surface area (Å²) in [5.74, 6) is 0. The van der Waals surface area contributed by atoms with Crippen LogP contribution in [0.5, 0.6) is 0 Å². The van der Waals surface area contributed by atoms with Crippen LogP contribution in [0.25, 0.3) is 0 Å². The van der Waals surface area contributed by atoms with E-state index in [1.165, 1.54) is 4.90 Å². The van der Waals surface area contributed by atoms with Crippen molar-refractivity contribution in [2.24, 2.45) is 5.73 Å². The fraction of sp³-hybridized carbons (Fsp3) is 0.600. The van der Waals surface area contributed by atoms with Crippen LogP contribution in [0.2, 0.25) is 0 Å². The van der Waals surface area contributed by atoms with Crippen molar-refractivity contribution in [3.05, 3.63) is 0 Å². The summed E-state index contributed by atoms with van der Waals surface area (Å²) in [5.41, 5.74) is 4.34. The molecule has 0 bridgehead atoms. The molecule has 0 amide bonds. The number of nitrogens with zero attached hydrogens (tertiary/aromatic N) is 1. The van der Waals surface area contributed by atoms with Crippen LogP contribution in [-0.4, -0.2) is 60.2 Å². The van der Waals surface area contributed by atoms with Crippen molar-refractivity contribution in [2.75, 3.05) is 32.7 Å². The van der Waals surface area contributed by atoms with E-state index in [-0.39, 0.29) is 17.0 Å². The summed E-state index contributed by atoms with van der Waals surface area (Å²) in [5, 5.41) is 6.40. The Balaban J connectivity index is 5.18. The number of rotatable bonds is 10. The second-order valence-electron chi connectivity index (χ2n) is 4.09. The molecule has 0 aliphatic rings. The van der Waals surface area contributed by atoms with Crippen LogP contribution < -0.4 is 16.4 Å². The first-order chi connectivity index (χ1) is 10.2. The summed E-state index contributed by atoms with van der Waals surface area (Å²) in [6, 6.07) is 0. The van der Waals surface area contributed by atoms with Gasteiger partial charge in [-0.15, -0.1) is 50.5 Å². The highest BCUT2D eigenvalue weighted by Crippen LogP contribution is 2.27. The Bertz CT molecular complexity index is 413. The molecule has 0 heterocycles. The molecule has 0 saturated carbocycles. The molecule has 0 unspecified atom stereocenters. The summed E-state index contributed by atoms with van der Waals surface area (Å²) in [4.78, 5) is 1.47. The molecule has 4 N–H and O–H groups in total. The zero-order valence-corrected chi connectivity index (χ0v) is 18.3. The molecule has 22 heavy (non-hydrogen) atoms. The highest BCUT2D eigenvalue weighted by atomic mass is 32.1. The van der Waals surface area contributed by atoms with Gasteiger partial charge in [0, 0.05) is 32.7 Å². The van der Waals surface area contributed by atoms with E-state index in [1.807, 2.05) is 0 Å². The van der Waals surface area contributed by atoms with Crippen LogP contribution in [0.4, 0.5) is 0 Å². The predicted molar refractivity (Wildman–Crippen MR) is 126 cm³/mol. The van der Waals surface area contributed by atoms with Crippen LogP contribution in [0, 0.1) is 0 Å². The molecule has 0 aromatic carbocycles. The quantitative estimate of drug-likeness (QED) is 0.152. The third-order valence-electron chi connectivity index (χ3n) is 2.65. The maximum atomic E-state index is 5.41. The maximum absolute atomic E-state index is 5.41. The SMILES string of the molecule is NCCNCCNCC(C(=S)S)(C(=S)S)N(C(=S)S)C(=S)S. The van der Waals surface area contributed by atoms with E-state index in [0.717, 1.165) is 13.1 Å². The molecule has 0 saturated heterocycles. The first kappa shape index (κ1) is 23.4. The van der Waals surface area contributed by atoms with Gasteiger partial charge in [0.2, 0.25) is 0 Å². The number of nitrogens with one attached hydrogen (secondary N) is 2. The normalized spacial score (nSPS) is 11.1. The van der Waals surface area contributed by atoms with Gasteiger partial charge in [-0.3, -0.25) is 4.90 Å². The van der Waals surface area contributed by atoms with Crippen molar-refractivity contribution in [2.45, 2.75) is 5.54 Å². The molecule has 4 nitrogen and oxygen atoms in total. The van der Waals surface area contributed by atoms with Gasteiger partial charge in [0.15, 0.2) is 0 Å². The maximum Gasteiger partial charge on any atom is 0.142 e.